The summed E-state index contributed by atoms with van der Waals surface area (Å²) < 4.78 is 5.05. The van der Waals surface area contributed by atoms with Crippen LogP contribution in [0.3, 0.4) is 0 Å². The van der Waals surface area contributed by atoms with E-state index in [-0.39, 0.29) is 5.82 Å². The summed E-state index contributed by atoms with van der Waals surface area (Å²) in [4.78, 5) is 15.3. The van der Waals surface area contributed by atoms with E-state index in [4.69, 9.17) is 22.1 Å². The highest BCUT2D eigenvalue weighted by atomic mass is 35.5. The Morgan fingerprint density at radius 3 is 2.62 bits per heavy atom. The summed E-state index contributed by atoms with van der Waals surface area (Å²) >= 11 is 5.69. The van der Waals surface area contributed by atoms with Crippen LogP contribution in [0.2, 0.25) is 5.02 Å². The van der Waals surface area contributed by atoms with Gasteiger partial charge >= 0.3 is 6.09 Å². The van der Waals surface area contributed by atoms with Gasteiger partial charge in [-0.1, -0.05) is 11.6 Å². The van der Waals surface area contributed by atoms with Crippen molar-refractivity contribution < 1.29 is 9.53 Å². The molecule has 5 nitrogen and oxygen atoms in total. The molecule has 6 heteroatoms. The number of pyridine rings is 1. The van der Waals surface area contributed by atoms with Gasteiger partial charge in [0.2, 0.25) is 0 Å². The Hall–Kier alpha value is -1.49. The fourth-order valence-corrected chi connectivity index (χ4v) is 1.04. The molecule has 0 radical (unpaired) electrons. The Morgan fingerprint density at radius 1 is 1.50 bits per heavy atom. The van der Waals surface area contributed by atoms with Gasteiger partial charge in [-0.3, -0.25) is 5.32 Å². The number of carbonyl (C=O) groups excluding carboxylic acids is 1. The predicted octanol–water partition coefficient (Wildman–Crippen LogP) is 2.66. The van der Waals surface area contributed by atoms with Crippen molar-refractivity contribution in [3.05, 3.63) is 17.2 Å². The SMILES string of the molecule is CC(C)(C)OC(=O)Nc1ccc(Cl)c(N)n1. The summed E-state index contributed by atoms with van der Waals surface area (Å²) in [7, 11) is 0. The fraction of sp³-hybridized carbons (Fsp3) is 0.400. The lowest BCUT2D eigenvalue weighted by Crippen LogP contribution is -2.27. The topological polar surface area (TPSA) is 77.2 Å². The Labute approximate surface area is 98.9 Å². The van der Waals surface area contributed by atoms with Crippen molar-refractivity contribution in [2.75, 3.05) is 11.1 Å². The molecule has 0 fully saturated rings. The van der Waals surface area contributed by atoms with Gasteiger partial charge in [0.25, 0.3) is 0 Å². The number of nitrogen functional groups attached to an aromatic ring is 1. The standard InChI is InChI=1S/C10H14ClN3O2/c1-10(2,3)16-9(15)14-7-5-4-6(11)8(12)13-7/h4-5H,1-3H3,(H3,12,13,14,15). The van der Waals surface area contributed by atoms with Crippen molar-refractivity contribution in [3.63, 3.8) is 0 Å². The van der Waals surface area contributed by atoms with Crippen LogP contribution in [0.15, 0.2) is 12.1 Å². The highest BCUT2D eigenvalue weighted by Crippen LogP contribution is 2.18. The first-order valence-electron chi connectivity index (χ1n) is 4.70. The molecule has 0 saturated heterocycles. The van der Waals surface area contributed by atoms with Crippen molar-refractivity contribution >= 4 is 29.3 Å². The minimum atomic E-state index is -0.582. The molecule has 3 N–H and O–H groups in total. The third-order valence-electron chi connectivity index (χ3n) is 1.50. The van der Waals surface area contributed by atoms with Gasteiger partial charge < -0.3 is 10.5 Å². The zero-order chi connectivity index (χ0) is 12.3. The molecule has 1 aromatic rings. The van der Waals surface area contributed by atoms with Gasteiger partial charge in [0.1, 0.15) is 17.2 Å². The van der Waals surface area contributed by atoms with Gasteiger partial charge in [-0.05, 0) is 32.9 Å². The third kappa shape index (κ3) is 3.94. The van der Waals surface area contributed by atoms with E-state index in [0.29, 0.717) is 10.8 Å². The fourth-order valence-electron chi connectivity index (χ4n) is 0.936. The molecular weight excluding hydrogens is 230 g/mol. The molecule has 0 unspecified atom stereocenters. The Balaban J connectivity index is 2.67. The monoisotopic (exact) mass is 243 g/mol. The molecule has 0 spiro atoms. The number of halogens is 1. The predicted molar refractivity (Wildman–Crippen MR) is 63.5 cm³/mol. The van der Waals surface area contributed by atoms with E-state index in [1.165, 1.54) is 0 Å². The Kier molecular flexibility index (Phi) is 3.59. The number of nitrogens with one attached hydrogen (secondary N) is 1. The van der Waals surface area contributed by atoms with Crippen LogP contribution < -0.4 is 11.1 Å². The molecule has 1 rings (SSSR count). The molecule has 0 bridgehead atoms. The maximum atomic E-state index is 11.4. The van der Waals surface area contributed by atoms with E-state index in [2.05, 4.69) is 10.3 Å². The molecule has 0 aliphatic rings. The number of carbonyl (C=O) groups is 1. The zero-order valence-corrected chi connectivity index (χ0v) is 10.1. The van der Waals surface area contributed by atoms with Gasteiger partial charge in [-0.2, -0.15) is 0 Å². The number of hydrogen-bond acceptors (Lipinski definition) is 4. The quantitative estimate of drug-likeness (QED) is 0.795. The van der Waals surface area contributed by atoms with E-state index >= 15 is 0 Å². The second-order valence-electron chi connectivity index (χ2n) is 4.19. The van der Waals surface area contributed by atoms with Crippen molar-refractivity contribution in [1.82, 2.24) is 4.98 Å². The largest absolute Gasteiger partial charge is 0.444 e. The zero-order valence-electron chi connectivity index (χ0n) is 9.37. The average Bonchev–Trinajstić information content (AvgIpc) is 2.08. The summed E-state index contributed by atoms with van der Waals surface area (Å²) in [5.41, 5.74) is 4.93. The van der Waals surface area contributed by atoms with Crippen LogP contribution in [0.25, 0.3) is 0 Å². The Morgan fingerprint density at radius 2 is 2.12 bits per heavy atom. The normalized spacial score (nSPS) is 11.0. The molecule has 1 amide bonds. The highest BCUT2D eigenvalue weighted by molar-refractivity contribution is 6.32. The van der Waals surface area contributed by atoms with Gasteiger partial charge in [-0.25, -0.2) is 9.78 Å². The highest BCUT2D eigenvalue weighted by Gasteiger charge is 2.16. The van der Waals surface area contributed by atoms with Crippen LogP contribution in [0.5, 0.6) is 0 Å². The number of nitrogens with two attached hydrogens (primary N) is 1. The number of aromatic nitrogens is 1. The lowest BCUT2D eigenvalue weighted by molar-refractivity contribution is 0.0635. The van der Waals surface area contributed by atoms with Crippen LogP contribution in [-0.2, 0) is 4.74 Å². The van der Waals surface area contributed by atoms with Crippen LogP contribution in [0.4, 0.5) is 16.4 Å². The number of hydrogen-bond donors (Lipinski definition) is 2. The molecule has 0 aliphatic heterocycles. The second kappa shape index (κ2) is 4.57. The smallest absolute Gasteiger partial charge is 0.413 e. The van der Waals surface area contributed by atoms with Crippen LogP contribution in [0, 0.1) is 0 Å². The number of amides is 1. The number of rotatable bonds is 1. The summed E-state index contributed by atoms with van der Waals surface area (Å²) in [6, 6.07) is 3.10. The minimum Gasteiger partial charge on any atom is -0.444 e. The first kappa shape index (κ1) is 12.6. The number of anilines is 2. The van der Waals surface area contributed by atoms with Gasteiger partial charge in [0, 0.05) is 0 Å². The van der Waals surface area contributed by atoms with E-state index < -0.39 is 11.7 Å². The molecule has 0 aromatic carbocycles. The average molecular weight is 244 g/mol. The maximum Gasteiger partial charge on any atom is 0.413 e. The molecular formula is C10H14ClN3O2. The summed E-state index contributed by atoms with van der Waals surface area (Å²) in [6.45, 7) is 5.32. The lowest BCUT2D eigenvalue weighted by Gasteiger charge is -2.19. The van der Waals surface area contributed by atoms with Crippen molar-refractivity contribution in [3.8, 4) is 0 Å². The molecule has 0 atom stereocenters. The number of nitrogens with zero attached hydrogens (tertiary/aromatic N) is 1. The van der Waals surface area contributed by atoms with Crippen molar-refractivity contribution in [1.29, 1.82) is 0 Å². The molecule has 0 saturated carbocycles. The van der Waals surface area contributed by atoms with Crippen LogP contribution in [-0.4, -0.2) is 16.7 Å². The second-order valence-corrected chi connectivity index (χ2v) is 4.60. The molecule has 1 heterocycles. The van der Waals surface area contributed by atoms with Crippen molar-refractivity contribution in [2.45, 2.75) is 26.4 Å². The maximum absolute atomic E-state index is 11.4. The van der Waals surface area contributed by atoms with Crippen molar-refractivity contribution in [2.24, 2.45) is 0 Å². The molecule has 88 valence electrons. The number of ether oxygens (including phenoxy) is 1. The molecule has 16 heavy (non-hydrogen) atoms. The van der Waals surface area contributed by atoms with E-state index in [1.807, 2.05) is 0 Å². The van der Waals surface area contributed by atoms with E-state index in [0.717, 1.165) is 0 Å². The first-order chi connectivity index (χ1) is 7.28. The lowest BCUT2D eigenvalue weighted by atomic mass is 10.2. The van der Waals surface area contributed by atoms with Crippen LogP contribution in [0.1, 0.15) is 20.8 Å². The van der Waals surface area contributed by atoms with E-state index in [1.54, 1.807) is 32.9 Å². The Bertz CT molecular complexity index is 402. The summed E-state index contributed by atoms with van der Waals surface area (Å²) in [5, 5.41) is 2.80. The summed E-state index contributed by atoms with van der Waals surface area (Å²) in [6.07, 6.45) is -0.582. The van der Waals surface area contributed by atoms with E-state index in [9.17, 15) is 4.79 Å². The molecule has 1 aromatic heterocycles. The molecule has 0 aliphatic carbocycles. The van der Waals surface area contributed by atoms with Gasteiger partial charge in [0.15, 0.2) is 0 Å². The first-order valence-corrected chi connectivity index (χ1v) is 5.08. The van der Waals surface area contributed by atoms with Crippen LogP contribution >= 0.6 is 11.6 Å². The minimum absolute atomic E-state index is 0.162. The van der Waals surface area contributed by atoms with Gasteiger partial charge in [-0.15, -0.1) is 0 Å². The van der Waals surface area contributed by atoms with Gasteiger partial charge in [0.05, 0.1) is 5.02 Å². The summed E-state index contributed by atoms with van der Waals surface area (Å²) in [5.74, 6) is 0.464. The third-order valence-corrected chi connectivity index (χ3v) is 1.82.